The molecular formula is C5H8ClCoNO3S. The summed E-state index contributed by atoms with van der Waals surface area (Å²) in [6.45, 7) is 1.24. The fourth-order valence-electron chi connectivity index (χ4n) is 0.424. The van der Waals surface area contributed by atoms with Gasteiger partial charge in [0.2, 0.25) is 5.91 Å². The number of carboxylic acids is 1. The molecule has 1 amide bonds. The van der Waals surface area contributed by atoms with E-state index in [0.717, 1.165) is 0 Å². The Morgan fingerprint density at radius 1 is 1.58 bits per heavy atom. The predicted octanol–water partition coefficient (Wildman–Crippen LogP) is -4.83. The minimum absolute atomic E-state index is 0. The predicted molar refractivity (Wildman–Crippen MR) is 36.5 cm³/mol. The summed E-state index contributed by atoms with van der Waals surface area (Å²) in [6.07, 6.45) is 0. The number of amides is 1. The van der Waals surface area contributed by atoms with Crippen LogP contribution in [0.15, 0.2) is 0 Å². The first-order chi connectivity index (χ1) is 4.57. The van der Waals surface area contributed by atoms with Crippen molar-refractivity contribution >= 4 is 24.5 Å². The summed E-state index contributed by atoms with van der Waals surface area (Å²) in [7, 11) is 0. The Bertz CT molecular complexity index is 158. The molecule has 0 aromatic carbocycles. The monoisotopic (exact) mass is 256 g/mol. The van der Waals surface area contributed by atoms with Crippen molar-refractivity contribution in [1.82, 2.24) is 5.32 Å². The van der Waals surface area contributed by atoms with Gasteiger partial charge in [0.05, 0.1) is 12.0 Å². The summed E-state index contributed by atoms with van der Waals surface area (Å²) >= 11 is 3.69. The van der Waals surface area contributed by atoms with Crippen molar-refractivity contribution in [1.29, 1.82) is 0 Å². The number of nitrogens with one attached hydrogen (secondary N) is 1. The van der Waals surface area contributed by atoms with Crippen LogP contribution in [-0.4, -0.2) is 23.7 Å². The van der Waals surface area contributed by atoms with E-state index in [4.69, 9.17) is 0 Å². The molecule has 0 saturated carbocycles. The zero-order chi connectivity index (χ0) is 8.15. The summed E-state index contributed by atoms with van der Waals surface area (Å²) in [6, 6.07) is -0.985. The number of carbonyl (C=O) groups excluding carboxylic acids is 2. The zero-order valence-corrected chi connectivity index (χ0v) is 8.86. The van der Waals surface area contributed by atoms with E-state index in [2.05, 4.69) is 17.9 Å². The van der Waals surface area contributed by atoms with E-state index in [1.54, 1.807) is 0 Å². The van der Waals surface area contributed by atoms with Crippen LogP contribution in [0, 0.1) is 0 Å². The maximum atomic E-state index is 10.3. The molecule has 0 rings (SSSR count). The molecule has 1 radical (unpaired) electrons. The van der Waals surface area contributed by atoms with Gasteiger partial charge < -0.3 is 27.6 Å². The van der Waals surface area contributed by atoms with E-state index in [9.17, 15) is 14.7 Å². The fraction of sp³-hybridized carbons (Fsp3) is 0.600. The zero-order valence-electron chi connectivity index (χ0n) is 6.17. The van der Waals surface area contributed by atoms with Crippen LogP contribution in [0.5, 0.6) is 0 Å². The molecule has 73 valence electrons. The van der Waals surface area contributed by atoms with E-state index in [-0.39, 0.29) is 34.9 Å². The van der Waals surface area contributed by atoms with Crippen molar-refractivity contribution in [2.75, 3.05) is 5.75 Å². The van der Waals surface area contributed by atoms with Crippen LogP contribution < -0.4 is 22.8 Å². The van der Waals surface area contributed by atoms with Gasteiger partial charge in [0.1, 0.15) is 0 Å². The summed E-state index contributed by atoms with van der Waals surface area (Å²) < 4.78 is 0. The van der Waals surface area contributed by atoms with Crippen LogP contribution in [0.25, 0.3) is 0 Å². The van der Waals surface area contributed by atoms with Gasteiger partial charge in [-0.15, -0.1) is 0 Å². The molecule has 0 aliphatic carbocycles. The average Bonchev–Trinajstić information content (AvgIpc) is 1.81. The molecule has 0 unspecified atom stereocenters. The second-order valence-electron chi connectivity index (χ2n) is 1.75. The molecule has 7 heteroatoms. The second-order valence-corrected chi connectivity index (χ2v) is 2.12. The molecule has 0 aromatic heterocycles. The molecule has 0 heterocycles. The Balaban J connectivity index is -0.000000405. The molecule has 0 aliphatic heterocycles. The van der Waals surface area contributed by atoms with Crippen LogP contribution in [0.1, 0.15) is 6.92 Å². The van der Waals surface area contributed by atoms with E-state index >= 15 is 0 Å². The number of rotatable bonds is 3. The third-order valence-corrected chi connectivity index (χ3v) is 1.21. The minimum Gasteiger partial charge on any atom is -1.00 e. The summed E-state index contributed by atoms with van der Waals surface area (Å²) in [5.74, 6) is -1.67. The van der Waals surface area contributed by atoms with Crippen molar-refractivity contribution in [3.63, 3.8) is 0 Å². The van der Waals surface area contributed by atoms with Gasteiger partial charge in [-0.05, 0) is 0 Å². The average molecular weight is 257 g/mol. The van der Waals surface area contributed by atoms with E-state index in [1.807, 2.05) is 0 Å². The Labute approximate surface area is 92.5 Å². The second kappa shape index (κ2) is 9.18. The van der Waals surface area contributed by atoms with Crippen LogP contribution >= 0.6 is 12.6 Å². The van der Waals surface area contributed by atoms with Gasteiger partial charge in [-0.2, -0.15) is 12.6 Å². The summed E-state index contributed by atoms with van der Waals surface area (Å²) in [5.41, 5.74) is 0. The van der Waals surface area contributed by atoms with Gasteiger partial charge in [-0.1, -0.05) is 0 Å². The number of halogens is 1. The van der Waals surface area contributed by atoms with E-state index in [0.29, 0.717) is 0 Å². The Hall–Kier alpha value is 0.0865. The minimum atomic E-state index is -1.31. The standard InChI is InChI=1S/C5H9NO3S.ClH.Co/c1-3(7)6-4(2-10)5(8)9;;/h4,10H,2H2,1H3,(H,6,7)(H,8,9);1H;/q;;+2/p-2/t4-;;/m0../s1. The first kappa shape index (κ1) is 18.0. The molecule has 0 fully saturated rings. The number of carbonyl (C=O) groups is 2. The molecule has 0 saturated heterocycles. The van der Waals surface area contributed by atoms with Crippen molar-refractivity contribution in [3.05, 3.63) is 0 Å². The van der Waals surface area contributed by atoms with Gasteiger partial charge >= 0.3 is 16.8 Å². The largest absolute Gasteiger partial charge is 2.00 e. The summed E-state index contributed by atoms with van der Waals surface area (Å²) in [4.78, 5) is 20.4. The molecule has 0 bridgehead atoms. The van der Waals surface area contributed by atoms with Crippen LogP contribution in [0.2, 0.25) is 0 Å². The van der Waals surface area contributed by atoms with Crippen molar-refractivity contribution in [2.24, 2.45) is 0 Å². The molecule has 4 nitrogen and oxygen atoms in total. The molecule has 1 atom stereocenters. The summed E-state index contributed by atoms with van der Waals surface area (Å²) in [5, 5.41) is 12.2. The SMILES string of the molecule is CC(=O)N[C@@H](CS)C(=O)[O-].[Cl-].[Co+2]. The molecule has 0 spiro atoms. The van der Waals surface area contributed by atoms with Crippen molar-refractivity contribution in [3.8, 4) is 0 Å². The smallest absolute Gasteiger partial charge is 1.00 e. The maximum absolute atomic E-state index is 10.3. The van der Waals surface area contributed by atoms with E-state index < -0.39 is 17.9 Å². The van der Waals surface area contributed by atoms with E-state index in [1.165, 1.54) is 6.92 Å². The van der Waals surface area contributed by atoms with Crippen LogP contribution in [0.4, 0.5) is 0 Å². The quantitative estimate of drug-likeness (QED) is 0.498. The first-order valence-corrected chi connectivity index (χ1v) is 3.30. The topological polar surface area (TPSA) is 69.2 Å². The molecule has 12 heavy (non-hydrogen) atoms. The first-order valence-electron chi connectivity index (χ1n) is 2.66. The number of aliphatic carboxylic acids is 1. The Kier molecular flexibility index (Phi) is 13.8. The van der Waals surface area contributed by atoms with Crippen molar-refractivity contribution in [2.45, 2.75) is 13.0 Å². The third kappa shape index (κ3) is 8.19. The van der Waals surface area contributed by atoms with Crippen molar-refractivity contribution < 1.29 is 43.9 Å². The number of carboxylic acid groups (broad SMARTS) is 1. The van der Waals surface area contributed by atoms with Gasteiger partial charge in [0, 0.05) is 12.7 Å². The number of hydrogen-bond acceptors (Lipinski definition) is 4. The van der Waals surface area contributed by atoms with Gasteiger partial charge in [-0.3, -0.25) is 4.79 Å². The number of thiol groups is 1. The molecule has 1 N–H and O–H groups in total. The molecular weight excluding hydrogens is 249 g/mol. The maximum Gasteiger partial charge on any atom is 2.00 e. The third-order valence-electron chi connectivity index (χ3n) is 0.845. The van der Waals surface area contributed by atoms with Crippen LogP contribution in [0.3, 0.4) is 0 Å². The Morgan fingerprint density at radius 2 is 2.00 bits per heavy atom. The van der Waals surface area contributed by atoms with Gasteiger partial charge in [0.25, 0.3) is 0 Å². The van der Waals surface area contributed by atoms with Crippen LogP contribution in [-0.2, 0) is 26.4 Å². The normalized spacial score (nSPS) is 10.2. The Morgan fingerprint density at radius 3 is 2.08 bits per heavy atom. The molecule has 0 aromatic rings. The fourth-order valence-corrected chi connectivity index (χ4v) is 0.665. The number of hydrogen-bond donors (Lipinski definition) is 2. The molecule has 0 aliphatic rings. The van der Waals surface area contributed by atoms with Gasteiger partial charge in [0.15, 0.2) is 0 Å². The van der Waals surface area contributed by atoms with Gasteiger partial charge in [-0.25, -0.2) is 0 Å².